The van der Waals surface area contributed by atoms with Gasteiger partial charge in [0.1, 0.15) is 17.4 Å². The number of carbonyl (C=O) groups is 3. The van der Waals surface area contributed by atoms with E-state index in [9.17, 15) is 27.6 Å². The van der Waals surface area contributed by atoms with Crippen LogP contribution in [0.5, 0.6) is 0 Å². The summed E-state index contributed by atoms with van der Waals surface area (Å²) in [6.45, 7) is 8.52. The zero-order valence-corrected chi connectivity index (χ0v) is 26.6. The van der Waals surface area contributed by atoms with Crippen molar-refractivity contribution in [3.8, 4) is 0 Å². The second-order valence-electron chi connectivity index (χ2n) is 12.3. The monoisotopic (exact) mass is 648 g/mol. The van der Waals surface area contributed by atoms with E-state index in [-0.39, 0.29) is 30.3 Å². The zero-order valence-electron chi connectivity index (χ0n) is 26.6. The van der Waals surface area contributed by atoms with Gasteiger partial charge in [-0.1, -0.05) is 24.8 Å². The molecule has 3 aliphatic rings. The fourth-order valence-electron chi connectivity index (χ4n) is 6.85. The minimum Gasteiger partial charge on any atom is -0.376 e. The normalized spacial score (nSPS) is 18.3. The van der Waals surface area contributed by atoms with Crippen LogP contribution in [0.3, 0.4) is 0 Å². The molecular formula is C34H35F3N6O4. The van der Waals surface area contributed by atoms with Crippen molar-refractivity contribution in [2.24, 2.45) is 0 Å². The number of anilines is 3. The van der Waals surface area contributed by atoms with Crippen molar-refractivity contribution in [2.75, 3.05) is 42.0 Å². The molecule has 2 saturated heterocycles. The van der Waals surface area contributed by atoms with Crippen molar-refractivity contribution < 1.29 is 32.3 Å². The van der Waals surface area contributed by atoms with Crippen LogP contribution < -0.4 is 14.7 Å². The fourth-order valence-corrected chi connectivity index (χ4v) is 6.85. The molecule has 2 fully saturated rings. The summed E-state index contributed by atoms with van der Waals surface area (Å²) in [7, 11) is 3.48. The van der Waals surface area contributed by atoms with Crippen molar-refractivity contribution >= 4 is 34.9 Å². The van der Waals surface area contributed by atoms with Gasteiger partial charge >= 0.3 is 6.18 Å². The molecule has 13 heteroatoms. The van der Waals surface area contributed by atoms with Crippen LogP contribution in [0.25, 0.3) is 0 Å². The van der Waals surface area contributed by atoms with E-state index >= 15 is 0 Å². The number of halogens is 3. The first-order valence-electron chi connectivity index (χ1n) is 15.2. The zero-order chi connectivity index (χ0) is 33.8. The van der Waals surface area contributed by atoms with Crippen LogP contribution >= 0.6 is 0 Å². The highest BCUT2D eigenvalue weighted by Gasteiger charge is 2.53. The number of pyridine rings is 2. The van der Waals surface area contributed by atoms with Crippen molar-refractivity contribution in [1.29, 1.82) is 0 Å². The number of nitrogens with zero attached hydrogens (tertiary/aromatic N) is 6. The predicted molar refractivity (Wildman–Crippen MR) is 169 cm³/mol. The maximum Gasteiger partial charge on any atom is 0.416 e. The first kappa shape index (κ1) is 32.2. The average Bonchev–Trinajstić information content (AvgIpc) is 3.56. The maximum atomic E-state index is 14.0. The lowest BCUT2D eigenvalue weighted by atomic mass is 9.89. The molecule has 0 aliphatic carbocycles. The van der Waals surface area contributed by atoms with Crippen LogP contribution in [-0.4, -0.2) is 65.9 Å². The number of rotatable bonds is 7. The van der Waals surface area contributed by atoms with E-state index in [0.717, 1.165) is 45.2 Å². The molecule has 1 aromatic carbocycles. The molecule has 47 heavy (non-hydrogen) atoms. The molecule has 10 nitrogen and oxygen atoms in total. The van der Waals surface area contributed by atoms with Crippen LogP contribution in [0.2, 0.25) is 0 Å². The number of hydrogen-bond acceptors (Lipinski definition) is 7. The summed E-state index contributed by atoms with van der Waals surface area (Å²) in [5.41, 5.74) is 3.37. The van der Waals surface area contributed by atoms with Crippen molar-refractivity contribution in [2.45, 2.75) is 57.5 Å². The number of aromatic nitrogens is 2. The van der Waals surface area contributed by atoms with Gasteiger partial charge < -0.3 is 19.4 Å². The molecule has 1 unspecified atom stereocenters. The molecule has 0 radical (unpaired) electrons. The van der Waals surface area contributed by atoms with Crippen LogP contribution in [0.4, 0.5) is 30.4 Å². The van der Waals surface area contributed by atoms with Gasteiger partial charge in [0, 0.05) is 31.8 Å². The fraction of sp³-hybridized carbons (Fsp3) is 0.382. The summed E-state index contributed by atoms with van der Waals surface area (Å²) in [5.74, 6) is -1.28. The van der Waals surface area contributed by atoms with Crippen molar-refractivity contribution in [1.82, 2.24) is 14.9 Å². The summed E-state index contributed by atoms with van der Waals surface area (Å²) >= 11 is 0. The van der Waals surface area contributed by atoms with Gasteiger partial charge in [-0.05, 0) is 56.2 Å². The number of hydrogen-bond donors (Lipinski definition) is 0. The Kier molecular flexibility index (Phi) is 8.07. The van der Waals surface area contributed by atoms with Gasteiger partial charge in [-0.25, -0.2) is 4.98 Å². The van der Waals surface area contributed by atoms with E-state index in [2.05, 4.69) is 11.6 Å². The molecule has 3 amide bonds. The molecule has 246 valence electrons. The number of alkyl halides is 3. The minimum absolute atomic E-state index is 0.00896. The molecule has 5 heterocycles. The molecular weight excluding hydrogens is 613 g/mol. The lowest BCUT2D eigenvalue weighted by Crippen LogP contribution is -2.57. The Labute approximate surface area is 270 Å². The Balaban J connectivity index is 1.26. The van der Waals surface area contributed by atoms with E-state index in [1.165, 1.54) is 17.9 Å². The summed E-state index contributed by atoms with van der Waals surface area (Å²) in [4.78, 5) is 55.0. The number of benzene rings is 1. The van der Waals surface area contributed by atoms with Crippen molar-refractivity contribution in [3.63, 3.8) is 0 Å². The number of ether oxygens (including phenoxy) is 1. The number of carbonyl (C=O) groups excluding carboxylic acids is 3. The van der Waals surface area contributed by atoms with Gasteiger partial charge in [0.2, 0.25) is 17.7 Å². The molecule has 3 aliphatic heterocycles. The minimum atomic E-state index is -4.63. The third-order valence-electron chi connectivity index (χ3n) is 9.18. The van der Waals surface area contributed by atoms with E-state index in [4.69, 9.17) is 9.72 Å². The van der Waals surface area contributed by atoms with Crippen LogP contribution in [0.15, 0.2) is 55.1 Å². The molecule has 6 rings (SSSR count). The third kappa shape index (κ3) is 5.52. The molecule has 1 atom stereocenters. The molecule has 0 bridgehead atoms. The van der Waals surface area contributed by atoms with E-state index < -0.39 is 35.1 Å². The first-order valence-corrected chi connectivity index (χ1v) is 15.2. The smallest absolute Gasteiger partial charge is 0.376 e. The van der Waals surface area contributed by atoms with Crippen LogP contribution in [-0.2, 0) is 43.9 Å². The summed E-state index contributed by atoms with van der Waals surface area (Å²) in [6, 6.07) is 10.2. The second-order valence-corrected chi connectivity index (χ2v) is 12.3. The van der Waals surface area contributed by atoms with Gasteiger partial charge in [-0.2, -0.15) is 13.2 Å². The quantitative estimate of drug-likeness (QED) is 0.344. The maximum absolute atomic E-state index is 14.0. The number of fused-ring (bicyclic) bond motifs is 2. The van der Waals surface area contributed by atoms with Gasteiger partial charge in [-0.15, -0.1) is 0 Å². The van der Waals surface area contributed by atoms with E-state index in [1.807, 2.05) is 43.1 Å². The number of amides is 3. The first-order chi connectivity index (χ1) is 22.2. The highest BCUT2D eigenvalue weighted by Crippen LogP contribution is 2.44. The average molecular weight is 649 g/mol. The standard InChI is InChI=1S/C34H35F3N6O4/c1-6-29(44)42-17-25-24(33(42)18-47-19-33)11-10-23(39-25)16-40(4)31-20(2)8-7-9-26(31)41(5)32(46)27-12-13-30(45)43(27)28-15-22(34(35,36)37)14-21(3)38-28/h6-11,14-15,27H,1,12-13,16-19H2,2-5H3. The third-order valence-corrected chi connectivity index (χ3v) is 9.18. The summed E-state index contributed by atoms with van der Waals surface area (Å²) in [6.07, 6.45) is -3.18. The number of likely N-dealkylation sites (N-methyl/N-ethyl adjacent to an activating group) is 1. The SMILES string of the molecule is C=CC(=O)N1Cc2nc(CN(C)c3c(C)cccc3N(C)C(=O)C3CCC(=O)N3c3cc(C(F)(F)F)cc(C)n3)ccc2C12COC2. The Morgan fingerprint density at radius 1 is 1.13 bits per heavy atom. The van der Waals surface area contributed by atoms with Gasteiger partial charge in [0.15, 0.2) is 0 Å². The lowest BCUT2D eigenvalue weighted by Gasteiger charge is -2.45. The van der Waals surface area contributed by atoms with E-state index in [0.29, 0.717) is 32.0 Å². The Hall–Kier alpha value is -4.78. The van der Waals surface area contributed by atoms with E-state index in [1.54, 1.807) is 18.0 Å². The van der Waals surface area contributed by atoms with Gasteiger partial charge in [-0.3, -0.25) is 24.3 Å². The Morgan fingerprint density at radius 2 is 1.87 bits per heavy atom. The molecule has 1 spiro atoms. The number of para-hydroxylation sites is 1. The van der Waals surface area contributed by atoms with Gasteiger partial charge in [0.05, 0.1) is 54.6 Å². The molecule has 2 aromatic heterocycles. The Bertz CT molecular complexity index is 1790. The van der Waals surface area contributed by atoms with Crippen LogP contribution in [0, 0.1) is 13.8 Å². The van der Waals surface area contributed by atoms with Crippen molar-refractivity contribution in [3.05, 3.63) is 88.9 Å². The summed E-state index contributed by atoms with van der Waals surface area (Å²) < 4.78 is 46.3. The lowest BCUT2D eigenvalue weighted by molar-refractivity contribution is -0.163. The highest BCUT2D eigenvalue weighted by molar-refractivity contribution is 6.09. The molecule has 0 N–H and O–H groups in total. The van der Waals surface area contributed by atoms with Gasteiger partial charge in [0.25, 0.3) is 0 Å². The largest absolute Gasteiger partial charge is 0.416 e. The molecule has 3 aromatic rings. The summed E-state index contributed by atoms with van der Waals surface area (Å²) in [5, 5.41) is 0. The molecule has 0 saturated carbocycles. The Morgan fingerprint density at radius 3 is 2.53 bits per heavy atom. The van der Waals surface area contributed by atoms with Crippen LogP contribution in [0.1, 0.15) is 46.6 Å². The highest BCUT2D eigenvalue weighted by atomic mass is 19.4. The topological polar surface area (TPSA) is 99.2 Å². The second kappa shape index (κ2) is 11.8. The predicted octanol–water partition coefficient (Wildman–Crippen LogP) is 4.66. The number of aryl methyl sites for hydroxylation is 2.